The zero-order valence-corrected chi connectivity index (χ0v) is 15.8. The van der Waals surface area contributed by atoms with Crippen LogP contribution in [-0.4, -0.2) is 35.4 Å². The van der Waals surface area contributed by atoms with Gasteiger partial charge in [-0.2, -0.15) is 13.2 Å². The minimum absolute atomic E-state index is 0.00189. The largest absolute Gasteiger partial charge is 0.405 e. The minimum Gasteiger partial charge on any atom is -0.343 e. The van der Waals surface area contributed by atoms with Gasteiger partial charge < -0.3 is 16.0 Å². The lowest BCUT2D eigenvalue weighted by Crippen LogP contribution is -2.33. The molecule has 0 atom stereocenters. The molecule has 2 rings (SSSR count). The number of nitrogens with zero attached hydrogens (tertiary/aromatic N) is 1. The molecule has 0 fully saturated rings. The monoisotopic (exact) mass is 432 g/mol. The number of alkyl halides is 3. The lowest BCUT2D eigenvalue weighted by molar-refractivity contribution is -0.123. The molecule has 156 valence electrons. The Balaban J connectivity index is 1.98. The number of carbonyl (C=O) groups is 3. The van der Waals surface area contributed by atoms with Gasteiger partial charge in [0, 0.05) is 41.2 Å². The summed E-state index contributed by atoms with van der Waals surface area (Å²) in [6, 6.07) is 1.84. The van der Waals surface area contributed by atoms with Gasteiger partial charge in [0.25, 0.3) is 5.91 Å². The van der Waals surface area contributed by atoms with Gasteiger partial charge in [-0.1, -0.05) is 0 Å². The van der Waals surface area contributed by atoms with Crippen molar-refractivity contribution >= 4 is 39.9 Å². The molecule has 3 N–H and O–H groups in total. The van der Waals surface area contributed by atoms with Crippen LogP contribution in [0, 0.1) is 12.7 Å². The molecule has 0 aliphatic heterocycles. The summed E-state index contributed by atoms with van der Waals surface area (Å²) in [6.45, 7) is -0.241. The average molecular weight is 432 g/mol. The molecule has 3 amide bonds. The highest BCUT2D eigenvalue weighted by molar-refractivity contribution is 7.13. The van der Waals surface area contributed by atoms with Gasteiger partial charge in [-0.25, -0.2) is 9.37 Å². The Hall–Kier alpha value is -3.02. The number of hydrogen-bond donors (Lipinski definition) is 3. The fourth-order valence-electron chi connectivity index (χ4n) is 2.13. The molecule has 0 saturated heterocycles. The Labute approximate surface area is 166 Å². The molecule has 7 nitrogen and oxygen atoms in total. The van der Waals surface area contributed by atoms with Gasteiger partial charge in [0.05, 0.1) is 0 Å². The van der Waals surface area contributed by atoms with Crippen molar-refractivity contribution in [2.24, 2.45) is 0 Å². The third-order valence-corrected chi connectivity index (χ3v) is 4.28. The van der Waals surface area contributed by atoms with Crippen LogP contribution in [0.25, 0.3) is 0 Å². The van der Waals surface area contributed by atoms with Crippen LogP contribution in [-0.2, 0) is 9.59 Å². The Morgan fingerprint density at radius 3 is 2.34 bits per heavy atom. The lowest BCUT2D eigenvalue weighted by Gasteiger charge is -2.13. The number of rotatable bonds is 7. The Morgan fingerprint density at radius 1 is 1.10 bits per heavy atom. The number of halogens is 4. The van der Waals surface area contributed by atoms with E-state index < -0.39 is 36.3 Å². The third kappa shape index (κ3) is 7.14. The second-order valence-electron chi connectivity index (χ2n) is 5.86. The number of amides is 3. The highest BCUT2D eigenvalue weighted by atomic mass is 32.1. The van der Waals surface area contributed by atoms with Gasteiger partial charge in [0.1, 0.15) is 12.4 Å². The van der Waals surface area contributed by atoms with Gasteiger partial charge in [0.15, 0.2) is 5.13 Å². The molecule has 29 heavy (non-hydrogen) atoms. The van der Waals surface area contributed by atoms with Gasteiger partial charge in [-0.05, 0) is 19.1 Å². The second kappa shape index (κ2) is 9.45. The van der Waals surface area contributed by atoms with Crippen LogP contribution >= 0.6 is 11.3 Å². The number of benzene rings is 1. The number of aromatic nitrogens is 1. The standard InChI is InChI=1S/C17H16F4N4O3S/c1-9-11(18)6-10(15(28)23-8-17(19,20)21)7-12(9)24-13(26)2-3-14(27)25-16-22-4-5-29-16/h4-7H,2-3,8H2,1H3,(H,23,28)(H,24,26)(H,22,25,27). The molecule has 0 aliphatic carbocycles. The maximum absolute atomic E-state index is 14.0. The number of thiazole rings is 1. The zero-order valence-electron chi connectivity index (χ0n) is 15.0. The van der Waals surface area contributed by atoms with E-state index in [1.165, 1.54) is 24.5 Å². The predicted octanol–water partition coefficient (Wildman–Crippen LogP) is 3.24. The average Bonchev–Trinajstić information content (AvgIpc) is 3.14. The van der Waals surface area contributed by atoms with E-state index in [0.29, 0.717) is 5.13 Å². The van der Waals surface area contributed by atoms with E-state index >= 15 is 0 Å². The summed E-state index contributed by atoms with van der Waals surface area (Å²) in [7, 11) is 0. The highest BCUT2D eigenvalue weighted by Gasteiger charge is 2.28. The lowest BCUT2D eigenvalue weighted by atomic mass is 10.1. The summed E-state index contributed by atoms with van der Waals surface area (Å²) in [5, 5.41) is 8.52. The van der Waals surface area contributed by atoms with Crippen molar-refractivity contribution in [3.8, 4) is 0 Å². The van der Waals surface area contributed by atoms with Crippen LogP contribution < -0.4 is 16.0 Å². The van der Waals surface area contributed by atoms with Gasteiger partial charge in [-0.15, -0.1) is 11.3 Å². The third-order valence-electron chi connectivity index (χ3n) is 3.59. The maximum atomic E-state index is 14.0. The van der Waals surface area contributed by atoms with E-state index in [1.807, 2.05) is 0 Å². The van der Waals surface area contributed by atoms with E-state index in [2.05, 4.69) is 15.6 Å². The first kappa shape index (κ1) is 22.3. The van der Waals surface area contributed by atoms with Crippen molar-refractivity contribution in [2.45, 2.75) is 25.9 Å². The van der Waals surface area contributed by atoms with Crippen molar-refractivity contribution in [3.63, 3.8) is 0 Å². The summed E-state index contributed by atoms with van der Waals surface area (Å²) in [5.41, 5.74) is -0.459. The van der Waals surface area contributed by atoms with E-state index in [0.717, 1.165) is 12.1 Å². The number of hydrogen-bond acceptors (Lipinski definition) is 5. The first-order chi connectivity index (χ1) is 13.5. The summed E-state index contributed by atoms with van der Waals surface area (Å²) in [4.78, 5) is 39.5. The zero-order chi connectivity index (χ0) is 21.6. The Morgan fingerprint density at radius 2 is 1.76 bits per heavy atom. The topological polar surface area (TPSA) is 100 Å². The minimum atomic E-state index is -4.62. The van der Waals surface area contributed by atoms with Crippen LogP contribution in [0.2, 0.25) is 0 Å². The Bertz CT molecular complexity index is 901. The van der Waals surface area contributed by atoms with Crippen molar-refractivity contribution in [1.29, 1.82) is 0 Å². The first-order valence-electron chi connectivity index (χ1n) is 8.19. The number of carbonyl (C=O) groups excluding carboxylic acids is 3. The summed E-state index contributed by atoms with van der Waals surface area (Å²) >= 11 is 1.21. The molecule has 1 heterocycles. The molecule has 0 radical (unpaired) electrons. The van der Waals surface area contributed by atoms with Crippen LogP contribution in [0.15, 0.2) is 23.7 Å². The molecule has 2 aromatic rings. The summed E-state index contributed by atoms with van der Waals surface area (Å²) < 4.78 is 50.7. The van der Waals surface area contributed by atoms with Gasteiger partial charge in [-0.3, -0.25) is 14.4 Å². The molecular weight excluding hydrogens is 416 g/mol. The predicted molar refractivity (Wildman–Crippen MR) is 98.1 cm³/mol. The van der Waals surface area contributed by atoms with Crippen molar-refractivity contribution in [2.75, 3.05) is 17.2 Å². The van der Waals surface area contributed by atoms with Crippen LogP contribution in [0.4, 0.5) is 28.4 Å². The second-order valence-corrected chi connectivity index (χ2v) is 6.76. The normalized spacial score (nSPS) is 11.1. The fourth-order valence-corrected chi connectivity index (χ4v) is 2.67. The van der Waals surface area contributed by atoms with Crippen LogP contribution in [0.5, 0.6) is 0 Å². The van der Waals surface area contributed by atoms with Gasteiger partial charge >= 0.3 is 6.18 Å². The highest BCUT2D eigenvalue weighted by Crippen LogP contribution is 2.22. The fraction of sp³-hybridized carbons (Fsp3) is 0.294. The van der Waals surface area contributed by atoms with Crippen LogP contribution in [0.3, 0.4) is 0 Å². The summed E-state index contributed by atoms with van der Waals surface area (Å²) in [6.07, 6.45) is -3.52. The molecule has 12 heteroatoms. The van der Waals surface area contributed by atoms with E-state index in [1.54, 1.807) is 10.7 Å². The van der Waals surface area contributed by atoms with E-state index in [4.69, 9.17) is 0 Å². The quantitative estimate of drug-likeness (QED) is 0.585. The van der Waals surface area contributed by atoms with E-state index in [-0.39, 0.29) is 29.7 Å². The molecule has 1 aromatic carbocycles. The Kier molecular flexibility index (Phi) is 7.26. The van der Waals surface area contributed by atoms with Gasteiger partial charge in [0.2, 0.25) is 11.8 Å². The molecule has 0 saturated carbocycles. The van der Waals surface area contributed by atoms with Crippen molar-refractivity contribution in [1.82, 2.24) is 10.3 Å². The van der Waals surface area contributed by atoms with E-state index in [9.17, 15) is 31.9 Å². The van der Waals surface area contributed by atoms with Crippen molar-refractivity contribution in [3.05, 3.63) is 40.7 Å². The number of anilines is 2. The molecule has 0 aliphatic rings. The molecule has 0 spiro atoms. The molecule has 1 aromatic heterocycles. The van der Waals surface area contributed by atoms with Crippen molar-refractivity contribution < 1.29 is 31.9 Å². The van der Waals surface area contributed by atoms with Crippen LogP contribution in [0.1, 0.15) is 28.8 Å². The SMILES string of the molecule is Cc1c(F)cc(C(=O)NCC(F)(F)F)cc1NC(=O)CCC(=O)Nc1nccs1. The first-order valence-corrected chi connectivity index (χ1v) is 9.07. The number of nitrogens with one attached hydrogen (secondary N) is 3. The molecule has 0 bridgehead atoms. The molecule has 0 unspecified atom stereocenters. The maximum Gasteiger partial charge on any atom is 0.405 e. The summed E-state index contributed by atoms with van der Waals surface area (Å²) in [5.74, 6) is -3.09. The molecular formula is C17H16F4N4O3S. The smallest absolute Gasteiger partial charge is 0.343 e.